The van der Waals surface area contributed by atoms with Crippen molar-refractivity contribution in [1.82, 2.24) is 15.2 Å². The highest BCUT2D eigenvalue weighted by Crippen LogP contribution is 2.38. The molecule has 10 heteroatoms. The number of carboxylic acid groups (broad SMARTS) is 1. The molecule has 222 valence electrons. The third kappa shape index (κ3) is 8.00. The number of ether oxygens (including phenoxy) is 2. The minimum Gasteiger partial charge on any atom is -0.496 e. The molecule has 41 heavy (non-hydrogen) atoms. The number of fused-ring (bicyclic) bond motifs is 1. The van der Waals surface area contributed by atoms with Crippen LogP contribution in [-0.4, -0.2) is 54.3 Å². The number of carboxylic acids is 1. The average molecular weight is 567 g/mol. The molecule has 3 rings (SSSR count). The van der Waals surface area contributed by atoms with Crippen LogP contribution in [0.3, 0.4) is 0 Å². The Morgan fingerprint density at radius 2 is 1.66 bits per heavy atom. The molecule has 5 N–H and O–H groups in total. The van der Waals surface area contributed by atoms with E-state index in [0.717, 1.165) is 29.4 Å². The van der Waals surface area contributed by atoms with Gasteiger partial charge in [-0.25, -0.2) is 0 Å². The van der Waals surface area contributed by atoms with Gasteiger partial charge in [0.25, 0.3) is 5.91 Å². The first-order chi connectivity index (χ1) is 19.7. The smallest absolute Gasteiger partial charge is 0.323 e. The van der Waals surface area contributed by atoms with Crippen LogP contribution in [0.1, 0.15) is 73.1 Å². The van der Waals surface area contributed by atoms with Gasteiger partial charge < -0.3 is 35.5 Å². The highest BCUT2D eigenvalue weighted by Gasteiger charge is 2.29. The molecule has 2 unspecified atom stereocenters. The summed E-state index contributed by atoms with van der Waals surface area (Å²) in [6.07, 6.45) is 4.12. The van der Waals surface area contributed by atoms with Crippen molar-refractivity contribution in [3.05, 3.63) is 59.3 Å². The molecule has 0 bridgehead atoms. The number of nitrogens with zero attached hydrogens (tertiary/aromatic N) is 1. The number of aromatic nitrogens is 1. The van der Waals surface area contributed by atoms with Crippen LogP contribution in [0.2, 0.25) is 0 Å². The Morgan fingerprint density at radius 1 is 0.976 bits per heavy atom. The Balaban J connectivity index is 1.94. The van der Waals surface area contributed by atoms with Gasteiger partial charge in [-0.05, 0) is 69.0 Å². The van der Waals surface area contributed by atoms with E-state index in [4.69, 9.17) is 15.2 Å². The molecule has 0 aliphatic rings. The molecule has 2 atom stereocenters. The van der Waals surface area contributed by atoms with Gasteiger partial charge in [-0.15, -0.1) is 0 Å². The maximum absolute atomic E-state index is 13.8. The Labute approximate surface area is 241 Å². The fourth-order valence-electron chi connectivity index (χ4n) is 5.08. The zero-order chi connectivity index (χ0) is 29.9. The summed E-state index contributed by atoms with van der Waals surface area (Å²) < 4.78 is 12.8. The predicted octanol–water partition coefficient (Wildman–Crippen LogP) is 4.33. The van der Waals surface area contributed by atoms with E-state index >= 15 is 0 Å². The van der Waals surface area contributed by atoms with E-state index in [9.17, 15) is 19.5 Å². The largest absolute Gasteiger partial charge is 0.496 e. The number of aliphatic carboxylic acids is 1. The van der Waals surface area contributed by atoms with Gasteiger partial charge in [-0.2, -0.15) is 0 Å². The molecule has 1 aromatic heterocycles. The van der Waals surface area contributed by atoms with Crippen molar-refractivity contribution in [2.24, 2.45) is 5.73 Å². The summed E-state index contributed by atoms with van der Waals surface area (Å²) in [5.41, 5.74) is 8.22. The van der Waals surface area contributed by atoms with Crippen LogP contribution in [0.5, 0.6) is 11.5 Å². The number of methoxy groups -OCH3 is 2. The SMILES string of the molecule is CCCCC(NC(=O)C(CCCCN)NC(=O)c1cc2ccccc2n1CC(=O)O)c1c(OC)cc(C)cc1OC. The van der Waals surface area contributed by atoms with Crippen LogP contribution in [0, 0.1) is 6.92 Å². The Hall–Kier alpha value is -4.05. The van der Waals surface area contributed by atoms with Crippen molar-refractivity contribution < 1.29 is 29.0 Å². The van der Waals surface area contributed by atoms with Crippen LogP contribution in [0.4, 0.5) is 0 Å². The quantitative estimate of drug-likeness (QED) is 0.189. The van der Waals surface area contributed by atoms with Gasteiger partial charge in [0.1, 0.15) is 29.8 Å². The molecule has 1 heterocycles. The second kappa shape index (κ2) is 15.1. The third-order valence-electron chi connectivity index (χ3n) is 7.10. The van der Waals surface area contributed by atoms with Crippen molar-refractivity contribution >= 4 is 28.7 Å². The molecule has 10 nitrogen and oxygen atoms in total. The number of carbonyl (C=O) groups excluding carboxylic acids is 2. The number of nitrogens with one attached hydrogen (secondary N) is 2. The first-order valence-corrected chi connectivity index (χ1v) is 14.1. The molecular formula is C31H42N4O6. The summed E-state index contributed by atoms with van der Waals surface area (Å²) in [4.78, 5) is 39.0. The van der Waals surface area contributed by atoms with Crippen LogP contribution < -0.4 is 25.8 Å². The number of carbonyl (C=O) groups is 3. The minimum atomic E-state index is -1.07. The van der Waals surface area contributed by atoms with Gasteiger partial charge in [-0.1, -0.05) is 38.0 Å². The molecule has 0 aliphatic heterocycles. The standard InChI is InChI=1S/C31H42N4O6/c1-5-6-12-22(29-26(40-3)16-20(2)17-27(29)41-4)33-30(38)23(13-9-10-15-32)34-31(39)25-18-21-11-7-8-14-24(21)35(25)19-28(36)37/h7-8,11,14,16-18,22-23H,5-6,9-10,12-13,15,19,32H2,1-4H3,(H,33,38)(H,34,39)(H,36,37). The lowest BCUT2D eigenvalue weighted by atomic mass is 9.96. The maximum Gasteiger partial charge on any atom is 0.323 e. The zero-order valence-corrected chi connectivity index (χ0v) is 24.4. The lowest BCUT2D eigenvalue weighted by Crippen LogP contribution is -2.48. The second-order valence-corrected chi connectivity index (χ2v) is 10.2. The topological polar surface area (TPSA) is 145 Å². The van der Waals surface area contributed by atoms with E-state index < -0.39 is 24.0 Å². The number of rotatable bonds is 16. The molecule has 0 aliphatic carbocycles. The van der Waals surface area contributed by atoms with Gasteiger partial charge in [-0.3, -0.25) is 14.4 Å². The van der Waals surface area contributed by atoms with E-state index in [-0.39, 0.29) is 18.1 Å². The van der Waals surface area contributed by atoms with E-state index in [1.807, 2.05) is 31.2 Å². The molecule has 2 amide bonds. The minimum absolute atomic E-state index is 0.176. The Kier molecular flexibility index (Phi) is 11.6. The van der Waals surface area contributed by atoms with Gasteiger partial charge in [0, 0.05) is 10.9 Å². The van der Waals surface area contributed by atoms with Gasteiger partial charge in [0.05, 0.1) is 25.8 Å². The number of benzene rings is 2. The zero-order valence-electron chi connectivity index (χ0n) is 24.4. The van der Waals surface area contributed by atoms with E-state index in [1.54, 1.807) is 32.4 Å². The van der Waals surface area contributed by atoms with Crippen molar-refractivity contribution in [3.8, 4) is 11.5 Å². The molecule has 0 saturated carbocycles. The van der Waals surface area contributed by atoms with E-state index in [0.29, 0.717) is 49.2 Å². The van der Waals surface area contributed by atoms with Crippen LogP contribution in [0.25, 0.3) is 10.9 Å². The third-order valence-corrected chi connectivity index (χ3v) is 7.10. The van der Waals surface area contributed by atoms with Crippen LogP contribution in [-0.2, 0) is 16.1 Å². The van der Waals surface area contributed by atoms with Gasteiger partial charge in [0.15, 0.2) is 0 Å². The molecule has 0 spiro atoms. The number of para-hydroxylation sites is 1. The monoisotopic (exact) mass is 566 g/mol. The summed E-state index contributed by atoms with van der Waals surface area (Å²) in [5, 5.41) is 16.3. The average Bonchev–Trinajstić information content (AvgIpc) is 3.32. The highest BCUT2D eigenvalue weighted by atomic mass is 16.5. The Morgan fingerprint density at radius 3 is 2.27 bits per heavy atom. The molecule has 0 fully saturated rings. The number of hydrogen-bond acceptors (Lipinski definition) is 6. The molecule has 3 aromatic rings. The maximum atomic E-state index is 13.8. The number of amides is 2. The number of unbranched alkanes of at least 4 members (excludes halogenated alkanes) is 2. The summed E-state index contributed by atoms with van der Waals surface area (Å²) in [7, 11) is 3.17. The first-order valence-electron chi connectivity index (χ1n) is 14.1. The fourth-order valence-corrected chi connectivity index (χ4v) is 5.08. The lowest BCUT2D eigenvalue weighted by Gasteiger charge is -2.27. The summed E-state index contributed by atoms with van der Waals surface area (Å²) >= 11 is 0. The molecule has 0 saturated heterocycles. The lowest BCUT2D eigenvalue weighted by molar-refractivity contribution is -0.137. The number of aryl methyl sites for hydroxylation is 1. The van der Waals surface area contributed by atoms with Crippen LogP contribution in [0.15, 0.2) is 42.5 Å². The van der Waals surface area contributed by atoms with Gasteiger partial charge >= 0.3 is 5.97 Å². The van der Waals surface area contributed by atoms with Gasteiger partial charge in [0.2, 0.25) is 5.91 Å². The summed E-state index contributed by atoms with van der Waals surface area (Å²) in [5.74, 6) is -0.708. The van der Waals surface area contributed by atoms with Crippen molar-refractivity contribution in [2.75, 3.05) is 20.8 Å². The summed E-state index contributed by atoms with van der Waals surface area (Å²) in [6.45, 7) is 4.11. The fraction of sp³-hybridized carbons (Fsp3) is 0.452. The summed E-state index contributed by atoms with van der Waals surface area (Å²) in [6, 6.07) is 11.4. The van der Waals surface area contributed by atoms with Crippen molar-refractivity contribution in [1.29, 1.82) is 0 Å². The predicted molar refractivity (Wildman–Crippen MR) is 158 cm³/mol. The van der Waals surface area contributed by atoms with Crippen molar-refractivity contribution in [3.63, 3.8) is 0 Å². The number of hydrogen-bond donors (Lipinski definition) is 4. The number of nitrogens with two attached hydrogens (primary N) is 1. The van der Waals surface area contributed by atoms with Crippen LogP contribution >= 0.6 is 0 Å². The highest BCUT2D eigenvalue weighted by molar-refractivity contribution is 6.01. The normalized spacial score (nSPS) is 12.5. The van der Waals surface area contributed by atoms with E-state index in [2.05, 4.69) is 17.6 Å². The van der Waals surface area contributed by atoms with E-state index in [1.165, 1.54) is 4.57 Å². The first kappa shape index (κ1) is 31.5. The molecule has 0 radical (unpaired) electrons. The Bertz CT molecular complexity index is 1330. The molecular weight excluding hydrogens is 524 g/mol. The van der Waals surface area contributed by atoms with Crippen molar-refractivity contribution in [2.45, 2.75) is 71.0 Å². The second-order valence-electron chi connectivity index (χ2n) is 10.2. The molecule has 2 aromatic carbocycles.